The molecule has 4 N–H and O–H groups in total. The zero-order valence-corrected chi connectivity index (χ0v) is 11.0. The van der Waals surface area contributed by atoms with Gasteiger partial charge in [0.05, 0.1) is 6.61 Å². The third-order valence-electron chi connectivity index (χ3n) is 2.18. The van der Waals surface area contributed by atoms with Crippen molar-refractivity contribution in [2.75, 3.05) is 20.2 Å². The van der Waals surface area contributed by atoms with Gasteiger partial charge in [-0.1, -0.05) is 0 Å². The van der Waals surface area contributed by atoms with Gasteiger partial charge in [-0.05, 0) is 34.7 Å². The van der Waals surface area contributed by atoms with Crippen LogP contribution in [0, 0.1) is 0 Å². The van der Waals surface area contributed by atoms with Gasteiger partial charge in [-0.3, -0.25) is 4.79 Å². The summed E-state index contributed by atoms with van der Waals surface area (Å²) in [5, 5.41) is 5.86. The highest BCUT2D eigenvalue weighted by molar-refractivity contribution is 5.77. The Morgan fingerprint density at radius 2 is 1.88 bits per heavy atom. The molecule has 0 rings (SSSR count). The highest BCUT2D eigenvalue weighted by atomic mass is 16.5. The molecule has 1 amide bonds. The maximum Gasteiger partial charge on any atom is 0.221 e. The predicted molar refractivity (Wildman–Crippen MR) is 65.0 cm³/mol. The van der Waals surface area contributed by atoms with Gasteiger partial charge in [-0.25, -0.2) is 0 Å². The van der Waals surface area contributed by atoms with Crippen molar-refractivity contribution < 1.29 is 9.53 Å². The van der Waals surface area contributed by atoms with Crippen molar-refractivity contribution in [3.8, 4) is 0 Å². The zero-order chi connectivity index (χ0) is 12.8. The Balaban J connectivity index is 3.67. The average Bonchev–Trinajstić information content (AvgIpc) is 2.10. The smallest absolute Gasteiger partial charge is 0.221 e. The minimum absolute atomic E-state index is 0.0118. The lowest BCUT2D eigenvalue weighted by molar-refractivity contribution is -0.122. The number of nitrogens with two attached hydrogens (primary N) is 1. The normalized spacial score (nSPS) is 12.6. The van der Waals surface area contributed by atoms with Gasteiger partial charge in [0.25, 0.3) is 0 Å². The predicted octanol–water partition coefficient (Wildman–Crippen LogP) is 0.202. The molecule has 5 nitrogen and oxygen atoms in total. The molecule has 0 spiro atoms. The Hall–Kier alpha value is -0.650. The number of ether oxygens (including phenoxy) is 1. The summed E-state index contributed by atoms with van der Waals surface area (Å²) in [5.41, 5.74) is 4.80. The second-order valence-corrected chi connectivity index (χ2v) is 5.11. The number of amides is 1. The van der Waals surface area contributed by atoms with Gasteiger partial charge < -0.3 is 21.1 Å². The van der Waals surface area contributed by atoms with Gasteiger partial charge in [-0.2, -0.15) is 0 Å². The molecule has 0 heterocycles. The van der Waals surface area contributed by atoms with Crippen LogP contribution in [0.25, 0.3) is 0 Å². The summed E-state index contributed by atoms with van der Waals surface area (Å²) in [6.07, 6.45) is 0.440. The molecule has 0 unspecified atom stereocenters. The van der Waals surface area contributed by atoms with E-state index in [4.69, 9.17) is 10.5 Å². The highest BCUT2D eigenvalue weighted by Gasteiger charge is 2.19. The topological polar surface area (TPSA) is 76.4 Å². The van der Waals surface area contributed by atoms with E-state index in [1.807, 2.05) is 20.9 Å². The van der Waals surface area contributed by atoms with Crippen molar-refractivity contribution in [3.63, 3.8) is 0 Å². The Morgan fingerprint density at radius 3 is 2.31 bits per heavy atom. The van der Waals surface area contributed by atoms with Crippen LogP contribution in [0.4, 0.5) is 0 Å². The van der Waals surface area contributed by atoms with Crippen LogP contribution in [0.1, 0.15) is 34.1 Å². The fourth-order valence-electron chi connectivity index (χ4n) is 1.06. The van der Waals surface area contributed by atoms with Crippen LogP contribution in [0.5, 0.6) is 0 Å². The van der Waals surface area contributed by atoms with Crippen LogP contribution in [0.2, 0.25) is 0 Å². The lowest BCUT2D eigenvalue weighted by atomic mass is 10.0. The standard InChI is InChI=1S/C11H25N3O2/c1-10(2,13-5)8-9(15)14-6-7-16-11(3,4)12/h13H,6-8,12H2,1-5H3,(H,14,15). The van der Waals surface area contributed by atoms with Crippen molar-refractivity contribution in [1.82, 2.24) is 10.6 Å². The lowest BCUT2D eigenvalue weighted by Crippen LogP contribution is -2.43. The molecule has 0 saturated carbocycles. The number of hydrogen-bond acceptors (Lipinski definition) is 4. The van der Waals surface area contributed by atoms with Crippen molar-refractivity contribution >= 4 is 5.91 Å². The van der Waals surface area contributed by atoms with Gasteiger partial charge in [0.1, 0.15) is 5.72 Å². The quantitative estimate of drug-likeness (QED) is 0.432. The monoisotopic (exact) mass is 231 g/mol. The lowest BCUT2D eigenvalue weighted by Gasteiger charge is -2.23. The summed E-state index contributed by atoms with van der Waals surface area (Å²) in [7, 11) is 1.84. The van der Waals surface area contributed by atoms with E-state index in [9.17, 15) is 4.79 Å². The third-order valence-corrected chi connectivity index (χ3v) is 2.18. The van der Waals surface area contributed by atoms with Crippen LogP contribution in [0.3, 0.4) is 0 Å². The number of carbonyl (C=O) groups excluding carboxylic acids is 1. The second kappa shape index (κ2) is 6.18. The minimum atomic E-state index is -0.644. The molecule has 0 aromatic carbocycles. The van der Waals surface area contributed by atoms with Gasteiger partial charge >= 0.3 is 0 Å². The molecule has 0 atom stereocenters. The van der Waals surface area contributed by atoms with Gasteiger partial charge in [0, 0.05) is 18.5 Å². The SMILES string of the molecule is CNC(C)(C)CC(=O)NCCOC(C)(C)N. The number of rotatable bonds is 7. The molecule has 0 aliphatic rings. The van der Waals surface area contributed by atoms with Crippen LogP contribution < -0.4 is 16.4 Å². The fourth-order valence-corrected chi connectivity index (χ4v) is 1.06. The second-order valence-electron chi connectivity index (χ2n) is 5.11. The van der Waals surface area contributed by atoms with Crippen molar-refractivity contribution in [1.29, 1.82) is 0 Å². The number of nitrogens with one attached hydrogen (secondary N) is 2. The summed E-state index contributed by atoms with van der Waals surface area (Å²) in [6.45, 7) is 8.42. The summed E-state index contributed by atoms with van der Waals surface area (Å²) in [6, 6.07) is 0. The van der Waals surface area contributed by atoms with E-state index in [1.165, 1.54) is 0 Å². The Bertz CT molecular complexity index is 222. The van der Waals surface area contributed by atoms with E-state index < -0.39 is 5.72 Å². The van der Waals surface area contributed by atoms with Gasteiger partial charge in [-0.15, -0.1) is 0 Å². The van der Waals surface area contributed by atoms with Crippen molar-refractivity contribution in [3.05, 3.63) is 0 Å². The molecule has 0 saturated heterocycles. The molecule has 96 valence electrons. The van der Waals surface area contributed by atoms with Crippen LogP contribution >= 0.6 is 0 Å². The average molecular weight is 231 g/mol. The summed E-state index contributed by atoms with van der Waals surface area (Å²) in [5.74, 6) is 0.0118. The summed E-state index contributed by atoms with van der Waals surface area (Å²) >= 11 is 0. The summed E-state index contributed by atoms with van der Waals surface area (Å²) in [4.78, 5) is 11.5. The fraction of sp³-hybridized carbons (Fsp3) is 0.909. The first kappa shape index (κ1) is 15.3. The molecule has 5 heteroatoms. The van der Waals surface area contributed by atoms with Crippen molar-refractivity contribution in [2.45, 2.75) is 45.4 Å². The first-order valence-electron chi connectivity index (χ1n) is 5.55. The Labute approximate surface area is 98.1 Å². The zero-order valence-electron chi connectivity index (χ0n) is 11.0. The molecule has 0 radical (unpaired) electrons. The summed E-state index contributed by atoms with van der Waals surface area (Å²) < 4.78 is 5.28. The van der Waals surface area contributed by atoms with Crippen molar-refractivity contribution in [2.24, 2.45) is 5.73 Å². The third kappa shape index (κ3) is 8.64. The molecule has 0 fully saturated rings. The Kier molecular flexibility index (Phi) is 5.92. The van der Waals surface area contributed by atoms with Gasteiger partial charge in [0.2, 0.25) is 5.91 Å². The van der Waals surface area contributed by atoms with E-state index >= 15 is 0 Å². The Morgan fingerprint density at radius 1 is 1.31 bits per heavy atom. The molecule has 0 aromatic heterocycles. The van der Waals surface area contributed by atoms with E-state index in [-0.39, 0.29) is 11.4 Å². The first-order chi connectivity index (χ1) is 7.16. The van der Waals surface area contributed by atoms with Crippen LogP contribution in [-0.4, -0.2) is 37.4 Å². The molecule has 0 aromatic rings. The molecule has 0 bridgehead atoms. The minimum Gasteiger partial charge on any atom is -0.360 e. The van der Waals surface area contributed by atoms with E-state index in [1.54, 1.807) is 13.8 Å². The van der Waals surface area contributed by atoms with E-state index in [0.717, 1.165) is 0 Å². The van der Waals surface area contributed by atoms with Crippen LogP contribution in [0.15, 0.2) is 0 Å². The number of hydrogen-bond donors (Lipinski definition) is 3. The maximum absolute atomic E-state index is 11.5. The largest absolute Gasteiger partial charge is 0.360 e. The van der Waals surface area contributed by atoms with Gasteiger partial charge in [0.15, 0.2) is 0 Å². The van der Waals surface area contributed by atoms with Crippen LogP contribution in [-0.2, 0) is 9.53 Å². The molecule has 0 aliphatic carbocycles. The number of carbonyl (C=O) groups is 1. The van der Waals surface area contributed by atoms with E-state index in [2.05, 4.69) is 10.6 Å². The highest BCUT2D eigenvalue weighted by Crippen LogP contribution is 2.06. The molecule has 0 aliphatic heterocycles. The van der Waals surface area contributed by atoms with E-state index in [0.29, 0.717) is 19.6 Å². The molecular weight excluding hydrogens is 206 g/mol. The first-order valence-corrected chi connectivity index (χ1v) is 5.55. The molecule has 16 heavy (non-hydrogen) atoms. The molecular formula is C11H25N3O2. The maximum atomic E-state index is 11.5.